The summed E-state index contributed by atoms with van der Waals surface area (Å²) < 4.78 is 3.29. The van der Waals surface area contributed by atoms with E-state index >= 15 is 0 Å². The van der Waals surface area contributed by atoms with Gasteiger partial charge >= 0.3 is 5.97 Å². The maximum absolute atomic E-state index is 11.4. The number of carboxylic acid groups (broad SMARTS) is 1. The molecule has 0 radical (unpaired) electrons. The average molecular weight is 357 g/mol. The van der Waals surface area contributed by atoms with Gasteiger partial charge in [0.25, 0.3) is 0 Å². The third-order valence-electron chi connectivity index (χ3n) is 4.07. The highest BCUT2D eigenvalue weighted by atomic mass is 35.5. The number of rotatable bonds is 3. The predicted octanol–water partition coefficient (Wildman–Crippen LogP) is 2.77. The lowest BCUT2D eigenvalue weighted by atomic mass is 10.3. The topological polar surface area (TPSA) is 98.7 Å². The van der Waals surface area contributed by atoms with Gasteiger partial charge < -0.3 is 5.11 Å². The third kappa shape index (κ3) is 2.42. The molecule has 0 unspecified atom stereocenters. The summed E-state index contributed by atoms with van der Waals surface area (Å²) in [6, 6.07) is 4.56. The SMILES string of the molecule is Cc1nc2cnc(-n3cnc4ccc(Cl)cc43)nc2n1[C@H](C)C(=O)O. The van der Waals surface area contributed by atoms with Crippen LogP contribution < -0.4 is 0 Å². The fraction of sp³-hybridized carbons (Fsp3) is 0.188. The number of nitrogens with zero attached hydrogens (tertiary/aromatic N) is 6. The number of aryl methyl sites for hydroxylation is 1. The number of fused-ring (bicyclic) bond motifs is 2. The van der Waals surface area contributed by atoms with Crippen LogP contribution >= 0.6 is 11.6 Å². The molecule has 4 aromatic rings. The van der Waals surface area contributed by atoms with Gasteiger partial charge in [0.2, 0.25) is 5.95 Å². The molecule has 1 aromatic carbocycles. The van der Waals surface area contributed by atoms with Crippen molar-refractivity contribution in [2.24, 2.45) is 0 Å². The molecule has 9 heteroatoms. The van der Waals surface area contributed by atoms with Gasteiger partial charge in [-0.15, -0.1) is 0 Å². The van der Waals surface area contributed by atoms with Crippen molar-refractivity contribution in [3.05, 3.63) is 41.6 Å². The molecule has 25 heavy (non-hydrogen) atoms. The number of benzene rings is 1. The Kier molecular flexibility index (Phi) is 3.43. The van der Waals surface area contributed by atoms with Gasteiger partial charge in [-0.1, -0.05) is 11.6 Å². The molecule has 3 heterocycles. The maximum atomic E-state index is 11.4. The fourth-order valence-corrected chi connectivity index (χ4v) is 2.99. The summed E-state index contributed by atoms with van der Waals surface area (Å²) in [7, 11) is 0. The molecule has 1 atom stereocenters. The van der Waals surface area contributed by atoms with Crippen LogP contribution in [0.15, 0.2) is 30.7 Å². The first kappa shape index (κ1) is 15.5. The summed E-state index contributed by atoms with van der Waals surface area (Å²) in [5.74, 6) is -0.0201. The Labute approximate surface area is 146 Å². The van der Waals surface area contributed by atoms with Crippen molar-refractivity contribution < 1.29 is 9.90 Å². The second-order valence-corrected chi connectivity index (χ2v) is 6.11. The van der Waals surface area contributed by atoms with Crippen molar-refractivity contribution in [2.45, 2.75) is 19.9 Å². The Morgan fingerprint density at radius 1 is 1.24 bits per heavy atom. The highest BCUT2D eigenvalue weighted by molar-refractivity contribution is 6.31. The average Bonchev–Trinajstić information content (AvgIpc) is 3.13. The zero-order valence-electron chi connectivity index (χ0n) is 13.4. The van der Waals surface area contributed by atoms with Crippen molar-refractivity contribution >= 4 is 39.8 Å². The summed E-state index contributed by atoms with van der Waals surface area (Å²) in [5.41, 5.74) is 2.52. The molecule has 8 nitrogen and oxygen atoms in total. The Bertz CT molecular complexity index is 1130. The lowest BCUT2D eigenvalue weighted by Gasteiger charge is -2.11. The minimum Gasteiger partial charge on any atom is -0.480 e. The van der Waals surface area contributed by atoms with E-state index in [-0.39, 0.29) is 0 Å². The molecule has 0 amide bonds. The largest absolute Gasteiger partial charge is 0.480 e. The maximum Gasteiger partial charge on any atom is 0.326 e. The Morgan fingerprint density at radius 2 is 2.04 bits per heavy atom. The Morgan fingerprint density at radius 3 is 2.80 bits per heavy atom. The van der Waals surface area contributed by atoms with E-state index in [0.717, 1.165) is 11.0 Å². The molecule has 0 saturated heterocycles. The number of hydrogen-bond donors (Lipinski definition) is 1. The monoisotopic (exact) mass is 356 g/mol. The number of hydrogen-bond acceptors (Lipinski definition) is 5. The van der Waals surface area contributed by atoms with E-state index in [4.69, 9.17) is 11.6 Å². The lowest BCUT2D eigenvalue weighted by molar-refractivity contribution is -0.140. The van der Waals surface area contributed by atoms with Crippen LogP contribution in [0, 0.1) is 6.92 Å². The number of imidazole rings is 2. The second-order valence-electron chi connectivity index (χ2n) is 5.67. The van der Waals surface area contributed by atoms with Crippen LogP contribution in [-0.2, 0) is 4.79 Å². The van der Waals surface area contributed by atoms with Crippen molar-refractivity contribution in [2.75, 3.05) is 0 Å². The molecule has 0 saturated carbocycles. The molecule has 0 spiro atoms. The van der Waals surface area contributed by atoms with Crippen molar-refractivity contribution in [1.82, 2.24) is 29.1 Å². The number of aliphatic carboxylic acids is 1. The number of carbonyl (C=O) groups is 1. The van der Waals surface area contributed by atoms with Crippen LogP contribution in [0.1, 0.15) is 18.8 Å². The molecule has 0 aliphatic rings. The van der Waals surface area contributed by atoms with Crippen LogP contribution in [0.4, 0.5) is 0 Å². The molecule has 126 valence electrons. The van der Waals surface area contributed by atoms with E-state index in [0.29, 0.717) is 28.0 Å². The fourth-order valence-electron chi connectivity index (χ4n) is 2.83. The normalized spacial score (nSPS) is 12.8. The first-order valence-electron chi connectivity index (χ1n) is 7.53. The summed E-state index contributed by atoms with van der Waals surface area (Å²) in [6.07, 6.45) is 3.18. The van der Waals surface area contributed by atoms with Gasteiger partial charge in [-0.05, 0) is 32.0 Å². The van der Waals surface area contributed by atoms with Gasteiger partial charge in [0.05, 0.1) is 17.2 Å². The molecular formula is C16H13ClN6O2. The van der Waals surface area contributed by atoms with Crippen LogP contribution in [0.2, 0.25) is 5.02 Å². The smallest absolute Gasteiger partial charge is 0.326 e. The van der Waals surface area contributed by atoms with E-state index in [1.807, 2.05) is 6.07 Å². The van der Waals surface area contributed by atoms with Gasteiger partial charge in [-0.2, -0.15) is 4.98 Å². The van der Waals surface area contributed by atoms with Crippen LogP contribution in [0.3, 0.4) is 0 Å². The van der Waals surface area contributed by atoms with E-state index in [2.05, 4.69) is 19.9 Å². The minimum atomic E-state index is -0.956. The second kappa shape index (κ2) is 5.52. The van der Waals surface area contributed by atoms with E-state index in [1.54, 1.807) is 47.6 Å². The van der Waals surface area contributed by atoms with Crippen LogP contribution in [-0.4, -0.2) is 40.1 Å². The predicted molar refractivity (Wildman–Crippen MR) is 92.0 cm³/mol. The first-order chi connectivity index (χ1) is 12.0. The molecule has 0 fully saturated rings. The molecule has 0 aliphatic heterocycles. The molecule has 0 bridgehead atoms. The Hall–Kier alpha value is -3.00. The van der Waals surface area contributed by atoms with Gasteiger partial charge in [0.15, 0.2) is 5.65 Å². The highest BCUT2D eigenvalue weighted by Gasteiger charge is 2.21. The van der Waals surface area contributed by atoms with E-state index in [1.165, 1.54) is 0 Å². The summed E-state index contributed by atoms with van der Waals surface area (Å²) in [6.45, 7) is 3.33. The lowest BCUT2D eigenvalue weighted by Crippen LogP contribution is -2.17. The zero-order chi connectivity index (χ0) is 17.7. The third-order valence-corrected chi connectivity index (χ3v) is 4.30. The first-order valence-corrected chi connectivity index (χ1v) is 7.91. The summed E-state index contributed by atoms with van der Waals surface area (Å²) in [5, 5.41) is 9.92. The Balaban J connectivity index is 1.95. The summed E-state index contributed by atoms with van der Waals surface area (Å²) in [4.78, 5) is 28.9. The minimum absolute atomic E-state index is 0.371. The summed E-state index contributed by atoms with van der Waals surface area (Å²) >= 11 is 6.07. The van der Waals surface area contributed by atoms with E-state index in [9.17, 15) is 9.90 Å². The number of carboxylic acids is 1. The molecular weight excluding hydrogens is 344 g/mol. The molecule has 4 rings (SSSR count). The standard InChI is InChI=1S/C16H13ClN6O2/c1-8(15(24)25)23-9(2)20-12-6-18-16(21-14(12)23)22-7-19-11-4-3-10(17)5-13(11)22/h3-8H,1-2H3,(H,24,25)/t8-/m1/s1. The number of aromatic nitrogens is 6. The van der Waals surface area contributed by atoms with Crippen molar-refractivity contribution in [3.63, 3.8) is 0 Å². The van der Waals surface area contributed by atoms with Gasteiger partial charge in [-0.3, -0.25) is 9.13 Å². The van der Waals surface area contributed by atoms with Crippen molar-refractivity contribution in [1.29, 1.82) is 0 Å². The van der Waals surface area contributed by atoms with Crippen LogP contribution in [0.5, 0.6) is 0 Å². The highest BCUT2D eigenvalue weighted by Crippen LogP contribution is 2.23. The number of halogens is 1. The van der Waals surface area contributed by atoms with Gasteiger partial charge in [0.1, 0.15) is 23.7 Å². The quantitative estimate of drug-likeness (QED) is 0.606. The van der Waals surface area contributed by atoms with Gasteiger partial charge in [0, 0.05) is 5.02 Å². The molecule has 3 aromatic heterocycles. The van der Waals surface area contributed by atoms with Crippen molar-refractivity contribution in [3.8, 4) is 5.95 Å². The zero-order valence-corrected chi connectivity index (χ0v) is 14.1. The van der Waals surface area contributed by atoms with Gasteiger partial charge in [-0.25, -0.2) is 19.7 Å². The van der Waals surface area contributed by atoms with E-state index < -0.39 is 12.0 Å². The van der Waals surface area contributed by atoms with Crippen LogP contribution in [0.25, 0.3) is 28.1 Å². The molecule has 1 N–H and O–H groups in total. The molecule has 0 aliphatic carbocycles.